The molecule has 6 heteroatoms. The second-order valence-corrected chi connectivity index (χ2v) is 4.03. The van der Waals surface area contributed by atoms with Gasteiger partial charge in [0, 0.05) is 12.8 Å². The normalized spacial score (nSPS) is 10.3. The van der Waals surface area contributed by atoms with E-state index in [2.05, 4.69) is 4.98 Å². The van der Waals surface area contributed by atoms with Crippen LogP contribution in [0, 0.1) is 5.41 Å². The van der Waals surface area contributed by atoms with E-state index in [0.717, 1.165) is 16.3 Å². The fourth-order valence-electron chi connectivity index (χ4n) is 1.80. The Morgan fingerprint density at radius 3 is 2.58 bits per heavy atom. The van der Waals surface area contributed by atoms with Gasteiger partial charge in [-0.05, 0) is 12.0 Å². The van der Waals surface area contributed by atoms with E-state index < -0.39 is 17.1 Å². The predicted molar refractivity (Wildman–Crippen MR) is 71.0 cm³/mol. The molecule has 0 atom stereocenters. The molecule has 0 saturated carbocycles. The van der Waals surface area contributed by atoms with Gasteiger partial charge in [-0.3, -0.25) is 14.3 Å². The van der Waals surface area contributed by atoms with Gasteiger partial charge in [0.1, 0.15) is 5.56 Å². The summed E-state index contributed by atoms with van der Waals surface area (Å²) in [4.78, 5) is 25.0. The molecule has 2 aromatic rings. The van der Waals surface area contributed by atoms with Crippen molar-refractivity contribution in [1.82, 2.24) is 9.55 Å². The van der Waals surface area contributed by atoms with Gasteiger partial charge in [-0.1, -0.05) is 30.3 Å². The molecule has 1 aromatic carbocycles. The van der Waals surface area contributed by atoms with Crippen molar-refractivity contribution in [3.8, 4) is 5.88 Å². The Hall–Kier alpha value is -2.63. The number of rotatable bonds is 4. The van der Waals surface area contributed by atoms with Gasteiger partial charge in [-0.25, -0.2) is 4.79 Å². The number of aryl methyl sites for hydroxylation is 1. The Labute approximate surface area is 108 Å². The van der Waals surface area contributed by atoms with Crippen LogP contribution in [0.4, 0.5) is 0 Å². The van der Waals surface area contributed by atoms with Crippen LogP contribution < -0.4 is 11.2 Å². The largest absolute Gasteiger partial charge is 0.494 e. The van der Waals surface area contributed by atoms with E-state index in [4.69, 9.17) is 5.41 Å². The zero-order valence-electron chi connectivity index (χ0n) is 10.1. The van der Waals surface area contributed by atoms with Crippen LogP contribution in [-0.4, -0.2) is 20.9 Å². The number of nitrogens with zero attached hydrogens (tertiary/aromatic N) is 1. The highest BCUT2D eigenvalue weighted by Gasteiger charge is 2.11. The molecule has 19 heavy (non-hydrogen) atoms. The third-order valence-corrected chi connectivity index (χ3v) is 2.82. The molecule has 0 aliphatic heterocycles. The number of H-pyrrole nitrogens is 1. The molecule has 0 fully saturated rings. The predicted octanol–water partition coefficient (Wildman–Crippen LogP) is 0.483. The van der Waals surface area contributed by atoms with E-state index in [1.807, 2.05) is 30.3 Å². The minimum atomic E-state index is -0.756. The summed E-state index contributed by atoms with van der Waals surface area (Å²) >= 11 is 0. The zero-order chi connectivity index (χ0) is 13.8. The highest BCUT2D eigenvalue weighted by molar-refractivity contribution is 5.79. The summed E-state index contributed by atoms with van der Waals surface area (Å²) in [5.41, 5.74) is -0.637. The second-order valence-electron chi connectivity index (χ2n) is 4.03. The molecule has 0 amide bonds. The number of benzene rings is 1. The molecule has 0 saturated heterocycles. The molecular formula is C13H13N3O3. The molecule has 6 nitrogen and oxygen atoms in total. The molecule has 0 aliphatic carbocycles. The van der Waals surface area contributed by atoms with Gasteiger partial charge in [0.15, 0.2) is 0 Å². The molecule has 0 unspecified atom stereocenters. The van der Waals surface area contributed by atoms with Crippen molar-refractivity contribution in [2.24, 2.45) is 0 Å². The van der Waals surface area contributed by atoms with Crippen molar-refractivity contribution in [3.63, 3.8) is 0 Å². The first kappa shape index (κ1) is 12.8. The van der Waals surface area contributed by atoms with E-state index in [-0.39, 0.29) is 12.1 Å². The summed E-state index contributed by atoms with van der Waals surface area (Å²) in [6.07, 6.45) is 1.27. The van der Waals surface area contributed by atoms with Crippen molar-refractivity contribution in [1.29, 1.82) is 5.41 Å². The number of hydrogen-bond donors (Lipinski definition) is 3. The average Bonchev–Trinajstić information content (AvgIpc) is 2.39. The molecule has 0 radical (unpaired) electrons. The lowest BCUT2D eigenvalue weighted by atomic mass is 10.1. The summed E-state index contributed by atoms with van der Waals surface area (Å²) < 4.78 is 1.05. The summed E-state index contributed by atoms with van der Waals surface area (Å²) in [7, 11) is 0. The monoisotopic (exact) mass is 259 g/mol. The van der Waals surface area contributed by atoms with Crippen molar-refractivity contribution < 1.29 is 5.11 Å². The molecule has 0 bridgehead atoms. The van der Waals surface area contributed by atoms with Crippen molar-refractivity contribution in [2.45, 2.75) is 13.0 Å². The zero-order valence-corrected chi connectivity index (χ0v) is 10.1. The molecular weight excluding hydrogens is 246 g/mol. The number of aromatic hydroxyl groups is 1. The van der Waals surface area contributed by atoms with Gasteiger partial charge in [-0.2, -0.15) is 0 Å². The smallest absolute Gasteiger partial charge is 0.331 e. The highest BCUT2D eigenvalue weighted by Crippen LogP contribution is 2.09. The lowest BCUT2D eigenvalue weighted by molar-refractivity contribution is 0.399. The number of aromatic amines is 1. The molecule has 98 valence electrons. The third kappa shape index (κ3) is 2.62. The van der Waals surface area contributed by atoms with Gasteiger partial charge < -0.3 is 10.5 Å². The molecule has 1 aromatic heterocycles. The van der Waals surface area contributed by atoms with Crippen LogP contribution in [0.15, 0.2) is 39.9 Å². The fourth-order valence-corrected chi connectivity index (χ4v) is 1.80. The van der Waals surface area contributed by atoms with Gasteiger partial charge >= 0.3 is 5.69 Å². The van der Waals surface area contributed by atoms with Crippen LogP contribution in [0.5, 0.6) is 5.88 Å². The number of hydrogen-bond acceptors (Lipinski definition) is 4. The maximum Gasteiger partial charge on any atom is 0.331 e. The van der Waals surface area contributed by atoms with Crippen LogP contribution in [0.25, 0.3) is 0 Å². The Bertz CT molecular complexity index is 701. The van der Waals surface area contributed by atoms with Crippen molar-refractivity contribution >= 4 is 6.21 Å². The Morgan fingerprint density at radius 2 is 1.95 bits per heavy atom. The summed E-state index contributed by atoms with van der Waals surface area (Å²) in [5, 5.41) is 16.9. The summed E-state index contributed by atoms with van der Waals surface area (Å²) in [6.45, 7) is 0.228. The Kier molecular flexibility index (Phi) is 3.61. The fraction of sp³-hybridized carbons (Fsp3) is 0.154. The summed E-state index contributed by atoms with van der Waals surface area (Å²) in [5.74, 6) is -0.473. The minimum absolute atomic E-state index is 0.215. The van der Waals surface area contributed by atoms with E-state index in [1.54, 1.807) is 0 Å². The molecule has 0 spiro atoms. The quantitative estimate of drug-likeness (QED) is 0.696. The highest BCUT2D eigenvalue weighted by atomic mass is 16.3. The maximum atomic E-state index is 11.6. The van der Waals surface area contributed by atoms with E-state index in [0.29, 0.717) is 6.42 Å². The lowest BCUT2D eigenvalue weighted by Gasteiger charge is -2.09. The SMILES string of the molecule is N=Cc1c(O)n(CCc2ccccc2)c(=O)[nH]c1=O. The van der Waals surface area contributed by atoms with Crippen LogP contribution >= 0.6 is 0 Å². The van der Waals surface area contributed by atoms with Crippen molar-refractivity contribution in [3.05, 3.63) is 62.3 Å². The Balaban J connectivity index is 2.33. The van der Waals surface area contributed by atoms with Crippen LogP contribution in [0.1, 0.15) is 11.1 Å². The van der Waals surface area contributed by atoms with Crippen LogP contribution in [-0.2, 0) is 13.0 Å². The van der Waals surface area contributed by atoms with Gasteiger partial charge in [0.2, 0.25) is 5.88 Å². The Morgan fingerprint density at radius 1 is 1.26 bits per heavy atom. The molecule has 2 rings (SSSR count). The van der Waals surface area contributed by atoms with E-state index in [1.165, 1.54) is 0 Å². The second kappa shape index (κ2) is 5.34. The lowest BCUT2D eigenvalue weighted by Crippen LogP contribution is -2.32. The average molecular weight is 259 g/mol. The number of aromatic nitrogens is 2. The first-order valence-electron chi connectivity index (χ1n) is 5.74. The van der Waals surface area contributed by atoms with Crippen LogP contribution in [0.3, 0.4) is 0 Å². The van der Waals surface area contributed by atoms with Gasteiger partial charge in [-0.15, -0.1) is 0 Å². The molecule has 1 heterocycles. The van der Waals surface area contributed by atoms with Gasteiger partial charge in [0.05, 0.1) is 0 Å². The maximum absolute atomic E-state index is 11.6. The molecule has 3 N–H and O–H groups in total. The number of nitrogens with one attached hydrogen (secondary N) is 2. The van der Waals surface area contributed by atoms with E-state index in [9.17, 15) is 14.7 Å². The minimum Gasteiger partial charge on any atom is -0.494 e. The third-order valence-electron chi connectivity index (χ3n) is 2.82. The van der Waals surface area contributed by atoms with Crippen molar-refractivity contribution in [2.75, 3.05) is 0 Å². The topological polar surface area (TPSA) is 98.9 Å². The first-order valence-corrected chi connectivity index (χ1v) is 5.74. The molecule has 0 aliphatic rings. The summed E-state index contributed by atoms with van der Waals surface area (Å²) in [6, 6.07) is 9.47. The van der Waals surface area contributed by atoms with E-state index >= 15 is 0 Å². The van der Waals surface area contributed by atoms with Gasteiger partial charge in [0.25, 0.3) is 5.56 Å². The van der Waals surface area contributed by atoms with Crippen LogP contribution in [0.2, 0.25) is 0 Å². The first-order chi connectivity index (χ1) is 9.13. The standard InChI is InChI=1S/C13H13N3O3/c14-8-10-11(17)15-13(19)16(12(10)18)7-6-9-4-2-1-3-5-9/h1-5,8,14,18H,6-7H2,(H,15,17,19).